The fourth-order valence-corrected chi connectivity index (χ4v) is 2.59. The van der Waals surface area contributed by atoms with Gasteiger partial charge in [0.05, 0.1) is 5.56 Å². The average molecular weight is 315 g/mol. The molecule has 0 saturated heterocycles. The Balaban J connectivity index is 1.69. The lowest BCUT2D eigenvalue weighted by molar-refractivity contribution is -0.137. The number of benzene rings is 2. The normalized spacial score (nSPS) is 14.7. The van der Waals surface area contributed by atoms with Crippen LogP contribution in [0.3, 0.4) is 0 Å². The van der Waals surface area contributed by atoms with Gasteiger partial charge in [-0.05, 0) is 47.9 Å². The van der Waals surface area contributed by atoms with E-state index in [-0.39, 0.29) is 0 Å². The number of halogens is 3. The number of allylic oxidation sites excluding steroid dienone is 2. The largest absolute Gasteiger partial charge is 0.416 e. The summed E-state index contributed by atoms with van der Waals surface area (Å²) in [5, 5.41) is 0. The Bertz CT molecular complexity index is 713. The van der Waals surface area contributed by atoms with Crippen molar-refractivity contribution in [3.8, 4) is 0 Å². The first-order valence-corrected chi connectivity index (χ1v) is 7.36. The van der Waals surface area contributed by atoms with Crippen molar-refractivity contribution < 1.29 is 13.2 Å². The minimum atomic E-state index is -4.28. The SMILES string of the molecule is FC(F)(F)c1ccc(CC2=CC=CN(c3ccccc3)C2)cc1. The number of para-hydroxylation sites is 1. The van der Waals surface area contributed by atoms with Gasteiger partial charge in [0.25, 0.3) is 0 Å². The van der Waals surface area contributed by atoms with Gasteiger partial charge in [-0.15, -0.1) is 0 Å². The number of nitrogens with zero attached hydrogens (tertiary/aromatic N) is 1. The molecule has 0 aliphatic carbocycles. The smallest absolute Gasteiger partial charge is 0.344 e. The van der Waals surface area contributed by atoms with Gasteiger partial charge >= 0.3 is 6.18 Å². The van der Waals surface area contributed by atoms with Crippen LogP contribution in [0.4, 0.5) is 18.9 Å². The predicted molar refractivity (Wildman–Crippen MR) is 86.2 cm³/mol. The van der Waals surface area contributed by atoms with Crippen molar-refractivity contribution in [3.63, 3.8) is 0 Å². The Labute approximate surface area is 133 Å². The van der Waals surface area contributed by atoms with E-state index >= 15 is 0 Å². The molecule has 0 fully saturated rings. The summed E-state index contributed by atoms with van der Waals surface area (Å²) in [6.07, 6.45) is 2.36. The van der Waals surface area contributed by atoms with Crippen LogP contribution >= 0.6 is 0 Å². The number of hydrogen-bond acceptors (Lipinski definition) is 1. The fourth-order valence-electron chi connectivity index (χ4n) is 2.59. The summed E-state index contributed by atoms with van der Waals surface area (Å²) in [4.78, 5) is 2.12. The van der Waals surface area contributed by atoms with Gasteiger partial charge in [-0.25, -0.2) is 0 Å². The van der Waals surface area contributed by atoms with Gasteiger partial charge in [0.2, 0.25) is 0 Å². The quantitative estimate of drug-likeness (QED) is 0.751. The van der Waals surface area contributed by atoms with Crippen LogP contribution < -0.4 is 4.90 Å². The molecule has 0 unspecified atom stereocenters. The lowest BCUT2D eigenvalue weighted by atomic mass is 10.0. The minimum Gasteiger partial charge on any atom is -0.344 e. The van der Waals surface area contributed by atoms with Crippen LogP contribution in [0.1, 0.15) is 11.1 Å². The molecule has 1 nitrogen and oxygen atoms in total. The lowest BCUT2D eigenvalue weighted by Gasteiger charge is -2.25. The van der Waals surface area contributed by atoms with Crippen molar-refractivity contribution >= 4 is 5.69 Å². The second-order valence-corrected chi connectivity index (χ2v) is 5.50. The Kier molecular flexibility index (Phi) is 4.24. The molecule has 0 bridgehead atoms. The lowest BCUT2D eigenvalue weighted by Crippen LogP contribution is -2.22. The van der Waals surface area contributed by atoms with Gasteiger partial charge in [-0.3, -0.25) is 0 Å². The highest BCUT2D eigenvalue weighted by molar-refractivity contribution is 5.52. The molecule has 3 rings (SSSR count). The van der Waals surface area contributed by atoms with Gasteiger partial charge in [0.15, 0.2) is 0 Å². The Morgan fingerprint density at radius 2 is 1.61 bits per heavy atom. The molecule has 4 heteroatoms. The standard InChI is InChI=1S/C19H16F3N/c20-19(21,22)17-10-8-15(9-11-17)13-16-5-4-12-23(14-16)18-6-2-1-3-7-18/h1-12H,13-14H2. The predicted octanol–water partition coefficient (Wildman–Crippen LogP) is 5.21. The van der Waals surface area contributed by atoms with Crippen molar-refractivity contribution in [2.24, 2.45) is 0 Å². The van der Waals surface area contributed by atoms with Crippen LogP contribution in [0.15, 0.2) is 78.5 Å². The van der Waals surface area contributed by atoms with Gasteiger partial charge in [0.1, 0.15) is 0 Å². The van der Waals surface area contributed by atoms with Crippen LogP contribution in [0.2, 0.25) is 0 Å². The molecule has 1 aliphatic rings. The zero-order chi connectivity index (χ0) is 16.3. The molecule has 23 heavy (non-hydrogen) atoms. The fraction of sp³-hybridized carbons (Fsp3) is 0.158. The molecule has 1 heterocycles. The van der Waals surface area contributed by atoms with Crippen molar-refractivity contribution in [2.75, 3.05) is 11.4 Å². The Hall–Kier alpha value is -2.49. The van der Waals surface area contributed by atoms with Crippen LogP contribution in [0, 0.1) is 0 Å². The highest BCUT2D eigenvalue weighted by Crippen LogP contribution is 2.29. The zero-order valence-corrected chi connectivity index (χ0v) is 12.4. The molecule has 0 spiro atoms. The molecule has 1 aliphatic heterocycles. The summed E-state index contributed by atoms with van der Waals surface area (Å²) in [7, 11) is 0. The van der Waals surface area contributed by atoms with E-state index in [1.165, 1.54) is 0 Å². The van der Waals surface area contributed by atoms with E-state index in [0.29, 0.717) is 6.42 Å². The molecule has 0 atom stereocenters. The number of rotatable bonds is 3. The maximum absolute atomic E-state index is 12.6. The van der Waals surface area contributed by atoms with E-state index in [2.05, 4.69) is 4.90 Å². The third kappa shape index (κ3) is 3.83. The highest BCUT2D eigenvalue weighted by atomic mass is 19.4. The second-order valence-electron chi connectivity index (χ2n) is 5.50. The third-order valence-corrected chi connectivity index (χ3v) is 3.77. The monoisotopic (exact) mass is 315 g/mol. The van der Waals surface area contributed by atoms with Crippen LogP contribution in [0.5, 0.6) is 0 Å². The molecule has 0 aromatic heterocycles. The molecule has 0 amide bonds. The summed E-state index contributed by atoms with van der Waals surface area (Å²) >= 11 is 0. The summed E-state index contributed by atoms with van der Waals surface area (Å²) in [5.74, 6) is 0. The van der Waals surface area contributed by atoms with E-state index in [9.17, 15) is 13.2 Å². The van der Waals surface area contributed by atoms with Crippen molar-refractivity contribution in [3.05, 3.63) is 89.6 Å². The molecule has 0 saturated carbocycles. The third-order valence-electron chi connectivity index (χ3n) is 3.77. The highest BCUT2D eigenvalue weighted by Gasteiger charge is 2.29. The van der Waals surface area contributed by atoms with E-state index in [1.54, 1.807) is 12.1 Å². The van der Waals surface area contributed by atoms with Crippen molar-refractivity contribution in [1.82, 2.24) is 0 Å². The summed E-state index contributed by atoms with van der Waals surface area (Å²) in [6, 6.07) is 15.4. The number of hydrogen-bond donors (Lipinski definition) is 0. The summed E-state index contributed by atoms with van der Waals surface area (Å²) in [5.41, 5.74) is 2.54. The molecule has 118 valence electrons. The van der Waals surface area contributed by atoms with E-state index in [4.69, 9.17) is 0 Å². The first-order chi connectivity index (χ1) is 11.0. The van der Waals surface area contributed by atoms with Gasteiger partial charge < -0.3 is 4.90 Å². The average Bonchev–Trinajstić information content (AvgIpc) is 2.56. The van der Waals surface area contributed by atoms with E-state index in [0.717, 1.165) is 35.5 Å². The molecular weight excluding hydrogens is 299 g/mol. The van der Waals surface area contributed by atoms with Gasteiger partial charge in [0, 0.05) is 18.4 Å². The van der Waals surface area contributed by atoms with Crippen molar-refractivity contribution in [2.45, 2.75) is 12.6 Å². The van der Waals surface area contributed by atoms with Crippen LogP contribution in [-0.4, -0.2) is 6.54 Å². The molecule has 0 radical (unpaired) electrons. The first-order valence-electron chi connectivity index (χ1n) is 7.36. The van der Waals surface area contributed by atoms with Crippen LogP contribution in [0.25, 0.3) is 0 Å². The zero-order valence-electron chi connectivity index (χ0n) is 12.4. The van der Waals surface area contributed by atoms with Crippen LogP contribution in [-0.2, 0) is 12.6 Å². The second kappa shape index (κ2) is 6.32. The molecular formula is C19H16F3N. The number of anilines is 1. The number of alkyl halides is 3. The topological polar surface area (TPSA) is 3.24 Å². The minimum absolute atomic E-state index is 0.607. The van der Waals surface area contributed by atoms with Gasteiger partial charge in [-0.2, -0.15) is 13.2 Å². The molecule has 2 aromatic rings. The molecule has 2 aromatic carbocycles. The van der Waals surface area contributed by atoms with Crippen molar-refractivity contribution in [1.29, 1.82) is 0 Å². The first kappa shape index (κ1) is 15.4. The summed E-state index contributed by atoms with van der Waals surface area (Å²) in [6.45, 7) is 0.738. The Morgan fingerprint density at radius 1 is 0.913 bits per heavy atom. The van der Waals surface area contributed by atoms with Gasteiger partial charge in [-0.1, -0.05) is 36.4 Å². The Morgan fingerprint density at radius 3 is 2.26 bits per heavy atom. The molecule has 0 N–H and O–H groups in total. The maximum atomic E-state index is 12.6. The van der Waals surface area contributed by atoms with E-state index in [1.807, 2.05) is 48.7 Å². The van der Waals surface area contributed by atoms with E-state index < -0.39 is 11.7 Å². The summed E-state index contributed by atoms with van der Waals surface area (Å²) < 4.78 is 37.8. The maximum Gasteiger partial charge on any atom is 0.416 e.